The number of alkyl halides is 2. The second kappa shape index (κ2) is 3.00. The number of hydrogen-bond donors (Lipinski definition) is 1. The number of carbonyl (C=O) groups is 1. The predicted molar refractivity (Wildman–Crippen MR) is 64.2 cm³/mol. The molecule has 0 spiro atoms. The molecule has 0 saturated heterocycles. The lowest BCUT2D eigenvalue weighted by Gasteiger charge is -2.60. The van der Waals surface area contributed by atoms with Gasteiger partial charge in [0.05, 0.1) is 8.65 Å². The summed E-state index contributed by atoms with van der Waals surface area (Å²) in [7, 11) is 0. The molecule has 4 aliphatic rings. The van der Waals surface area contributed by atoms with Crippen molar-refractivity contribution in [1.29, 1.82) is 0 Å². The molecule has 4 fully saturated rings. The van der Waals surface area contributed by atoms with E-state index < -0.39 is 5.97 Å². The molecule has 4 aliphatic carbocycles. The van der Waals surface area contributed by atoms with Crippen molar-refractivity contribution in [1.82, 2.24) is 0 Å². The van der Waals surface area contributed by atoms with Gasteiger partial charge in [-0.1, -0.05) is 31.9 Å². The Labute approximate surface area is 106 Å². The topological polar surface area (TPSA) is 37.3 Å². The van der Waals surface area contributed by atoms with Crippen LogP contribution in [-0.2, 0) is 4.79 Å². The maximum Gasteiger partial charge on any atom is 0.309 e. The highest BCUT2D eigenvalue weighted by Gasteiger charge is 2.63. The summed E-state index contributed by atoms with van der Waals surface area (Å²) >= 11 is 7.56. The van der Waals surface area contributed by atoms with Gasteiger partial charge in [0.25, 0.3) is 0 Å². The smallest absolute Gasteiger partial charge is 0.309 e. The molecule has 0 radical (unpaired) electrons. The van der Waals surface area contributed by atoms with E-state index in [1.54, 1.807) is 0 Å². The van der Waals surface area contributed by atoms with Gasteiger partial charge in [-0.2, -0.15) is 0 Å². The average Bonchev–Trinajstić information content (AvgIpc) is 2.13. The van der Waals surface area contributed by atoms with E-state index >= 15 is 0 Å². The first-order valence-corrected chi connectivity index (χ1v) is 7.14. The van der Waals surface area contributed by atoms with Crippen LogP contribution in [0, 0.1) is 23.2 Å². The summed E-state index contributed by atoms with van der Waals surface area (Å²) < 4.78 is 0.0237. The number of carboxylic acid groups (broad SMARTS) is 1. The van der Waals surface area contributed by atoms with Crippen molar-refractivity contribution in [2.75, 3.05) is 0 Å². The van der Waals surface area contributed by atoms with Crippen molar-refractivity contribution >= 4 is 37.8 Å². The van der Waals surface area contributed by atoms with Crippen LogP contribution in [0.15, 0.2) is 0 Å². The Kier molecular flexibility index (Phi) is 2.12. The van der Waals surface area contributed by atoms with E-state index in [9.17, 15) is 9.90 Å². The Morgan fingerprint density at radius 1 is 1.13 bits per heavy atom. The summed E-state index contributed by atoms with van der Waals surface area (Å²) in [6.07, 6.45) is 5.02. The Bertz CT molecular complexity index is 309. The van der Waals surface area contributed by atoms with Crippen molar-refractivity contribution in [2.45, 2.75) is 35.3 Å². The van der Waals surface area contributed by atoms with E-state index in [4.69, 9.17) is 0 Å². The fourth-order valence-corrected chi connectivity index (χ4v) is 5.56. The molecular weight excluding hydrogens is 324 g/mol. The fourth-order valence-electron chi connectivity index (χ4n) is 4.16. The van der Waals surface area contributed by atoms with Crippen LogP contribution in [0.2, 0.25) is 0 Å². The third-order valence-electron chi connectivity index (χ3n) is 4.73. The molecule has 84 valence electrons. The monoisotopic (exact) mass is 336 g/mol. The van der Waals surface area contributed by atoms with Crippen LogP contribution in [-0.4, -0.2) is 14.3 Å². The zero-order valence-corrected chi connectivity index (χ0v) is 11.6. The highest BCUT2D eigenvalue weighted by molar-refractivity contribution is 9.25. The standard InChI is InChI=1S/C11H14Br2O2/c12-11(13)7-1-6-2-8(11)5-10(3-6,4-7)9(14)15/h6-8H,1-5H2,(H,14,15). The van der Waals surface area contributed by atoms with Crippen molar-refractivity contribution in [3.8, 4) is 0 Å². The van der Waals surface area contributed by atoms with Crippen LogP contribution in [0.1, 0.15) is 32.1 Å². The molecule has 15 heavy (non-hydrogen) atoms. The molecule has 0 amide bonds. The number of halogens is 2. The molecule has 2 unspecified atom stereocenters. The molecule has 0 aliphatic heterocycles. The third kappa shape index (κ3) is 1.30. The lowest BCUT2D eigenvalue weighted by Crippen LogP contribution is -2.58. The number of hydrogen-bond acceptors (Lipinski definition) is 1. The lowest BCUT2D eigenvalue weighted by atomic mass is 9.49. The number of rotatable bonds is 1. The highest BCUT2D eigenvalue weighted by atomic mass is 79.9. The van der Waals surface area contributed by atoms with Gasteiger partial charge in [0.15, 0.2) is 0 Å². The summed E-state index contributed by atoms with van der Waals surface area (Å²) in [6.45, 7) is 0. The minimum Gasteiger partial charge on any atom is -0.481 e. The van der Waals surface area contributed by atoms with Gasteiger partial charge in [0.1, 0.15) is 0 Å². The van der Waals surface area contributed by atoms with Crippen molar-refractivity contribution in [2.24, 2.45) is 23.2 Å². The summed E-state index contributed by atoms with van der Waals surface area (Å²) in [6, 6.07) is 0. The van der Waals surface area contributed by atoms with Gasteiger partial charge < -0.3 is 5.11 Å². The molecule has 4 saturated carbocycles. The van der Waals surface area contributed by atoms with Gasteiger partial charge in [-0.25, -0.2) is 0 Å². The van der Waals surface area contributed by atoms with Gasteiger partial charge in [-0.15, -0.1) is 0 Å². The Morgan fingerprint density at radius 2 is 1.67 bits per heavy atom. The van der Waals surface area contributed by atoms with E-state index in [2.05, 4.69) is 31.9 Å². The van der Waals surface area contributed by atoms with Crippen molar-refractivity contribution in [3.63, 3.8) is 0 Å². The van der Waals surface area contributed by atoms with Crippen LogP contribution in [0.5, 0.6) is 0 Å². The minimum absolute atomic E-state index is 0.0237. The van der Waals surface area contributed by atoms with Crippen LogP contribution in [0.4, 0.5) is 0 Å². The first kappa shape index (κ1) is 10.6. The second-order valence-corrected chi connectivity index (χ2v) is 9.29. The van der Waals surface area contributed by atoms with Crippen LogP contribution in [0.25, 0.3) is 0 Å². The zero-order chi connectivity index (χ0) is 10.8. The van der Waals surface area contributed by atoms with Crippen molar-refractivity contribution in [3.05, 3.63) is 0 Å². The van der Waals surface area contributed by atoms with Gasteiger partial charge >= 0.3 is 5.97 Å². The van der Waals surface area contributed by atoms with Crippen LogP contribution < -0.4 is 0 Å². The van der Waals surface area contributed by atoms with Crippen molar-refractivity contribution < 1.29 is 9.90 Å². The van der Waals surface area contributed by atoms with Gasteiger partial charge in [0, 0.05) is 0 Å². The maximum atomic E-state index is 11.4. The van der Waals surface area contributed by atoms with Crippen LogP contribution >= 0.6 is 31.9 Å². The summed E-state index contributed by atoms with van der Waals surface area (Å²) in [5.41, 5.74) is -0.387. The Hall–Kier alpha value is 0.430. The summed E-state index contributed by atoms with van der Waals surface area (Å²) in [4.78, 5) is 11.4. The first-order valence-electron chi connectivity index (χ1n) is 5.55. The maximum absolute atomic E-state index is 11.4. The molecule has 2 atom stereocenters. The molecule has 1 N–H and O–H groups in total. The molecule has 2 nitrogen and oxygen atoms in total. The van der Waals surface area contributed by atoms with Gasteiger partial charge in [0.2, 0.25) is 0 Å². The zero-order valence-electron chi connectivity index (χ0n) is 8.38. The minimum atomic E-state index is -0.558. The lowest BCUT2D eigenvalue weighted by molar-refractivity contribution is -0.164. The summed E-state index contributed by atoms with van der Waals surface area (Å²) in [5, 5.41) is 9.42. The Balaban J connectivity index is 2.00. The van der Waals surface area contributed by atoms with E-state index in [1.165, 1.54) is 12.8 Å². The van der Waals surface area contributed by atoms with E-state index in [1.807, 2.05) is 0 Å². The van der Waals surface area contributed by atoms with Crippen LogP contribution in [0.3, 0.4) is 0 Å². The molecule has 0 aromatic heterocycles. The normalized spacial score (nSPS) is 50.7. The highest BCUT2D eigenvalue weighted by Crippen LogP contribution is 2.67. The Morgan fingerprint density at radius 3 is 2.13 bits per heavy atom. The third-order valence-corrected chi connectivity index (χ3v) is 7.32. The summed E-state index contributed by atoms with van der Waals surface area (Å²) in [5.74, 6) is 1.10. The molecule has 0 aromatic carbocycles. The SMILES string of the molecule is O=C(O)C12CC3CC(C1)C(Br)(Br)C(C3)C2. The van der Waals surface area contributed by atoms with Gasteiger partial charge in [-0.05, 0) is 49.9 Å². The fraction of sp³-hybridized carbons (Fsp3) is 0.909. The average molecular weight is 338 g/mol. The number of carboxylic acids is 1. The largest absolute Gasteiger partial charge is 0.481 e. The van der Waals surface area contributed by atoms with E-state index in [-0.39, 0.29) is 8.65 Å². The molecule has 0 aromatic rings. The van der Waals surface area contributed by atoms with Gasteiger partial charge in [-0.3, -0.25) is 4.79 Å². The number of aliphatic carboxylic acids is 1. The molecular formula is C11H14Br2O2. The van der Waals surface area contributed by atoms with E-state index in [0.29, 0.717) is 17.8 Å². The molecule has 4 heteroatoms. The first-order chi connectivity index (χ1) is 6.94. The molecule has 0 heterocycles. The second-order valence-electron chi connectivity index (χ2n) is 5.60. The molecule has 4 bridgehead atoms. The quantitative estimate of drug-likeness (QED) is 0.745. The van der Waals surface area contributed by atoms with E-state index in [0.717, 1.165) is 19.3 Å². The predicted octanol–water partition coefficient (Wildman–Crippen LogP) is 3.38. The molecule has 4 rings (SSSR count).